The minimum absolute atomic E-state index is 0.359. The lowest BCUT2D eigenvalue weighted by Crippen LogP contribution is -1.93. The van der Waals surface area contributed by atoms with E-state index in [1.165, 1.54) is 0 Å². The van der Waals surface area contributed by atoms with E-state index in [1.807, 2.05) is 0 Å². The molecule has 0 aliphatic rings. The first kappa shape index (κ1) is 10.2. The Morgan fingerprint density at radius 3 is 2.67 bits per heavy atom. The van der Waals surface area contributed by atoms with E-state index >= 15 is 0 Å². The van der Waals surface area contributed by atoms with Crippen molar-refractivity contribution in [3.05, 3.63) is 40.6 Å². The lowest BCUT2D eigenvalue weighted by atomic mass is 10.2. The van der Waals surface area contributed by atoms with E-state index in [1.54, 1.807) is 30.5 Å². The maximum atomic E-state index is 6.00. The third-order valence-corrected chi connectivity index (χ3v) is 2.49. The molecule has 2 aromatic rings. The molecule has 0 bridgehead atoms. The van der Waals surface area contributed by atoms with Crippen LogP contribution in [0.25, 0.3) is 11.3 Å². The fraction of sp³-hybridized carbons (Fsp3) is 0. The molecule has 0 saturated heterocycles. The summed E-state index contributed by atoms with van der Waals surface area (Å²) < 4.78 is 0. The van der Waals surface area contributed by atoms with Gasteiger partial charge in [-0.25, -0.2) is 9.97 Å². The molecule has 2 rings (SSSR count). The van der Waals surface area contributed by atoms with Crippen LogP contribution in [0.5, 0.6) is 0 Å². The van der Waals surface area contributed by atoms with Crippen LogP contribution in [0.15, 0.2) is 30.5 Å². The monoisotopic (exact) mass is 239 g/mol. The zero-order valence-electron chi connectivity index (χ0n) is 7.61. The molecule has 0 atom stereocenters. The van der Waals surface area contributed by atoms with Gasteiger partial charge in [-0.2, -0.15) is 0 Å². The Labute approximate surface area is 96.9 Å². The minimum Gasteiger partial charge on any atom is -0.384 e. The molecular formula is C10H7Cl2N3. The van der Waals surface area contributed by atoms with Gasteiger partial charge in [0.2, 0.25) is 0 Å². The lowest BCUT2D eigenvalue weighted by Gasteiger charge is -2.05. The van der Waals surface area contributed by atoms with Crippen LogP contribution in [0.4, 0.5) is 5.82 Å². The van der Waals surface area contributed by atoms with Crippen LogP contribution in [0, 0.1) is 0 Å². The second kappa shape index (κ2) is 4.04. The van der Waals surface area contributed by atoms with Gasteiger partial charge in [-0.15, -0.1) is 0 Å². The van der Waals surface area contributed by atoms with Gasteiger partial charge in [0.05, 0.1) is 10.7 Å². The number of pyridine rings is 2. The summed E-state index contributed by atoms with van der Waals surface area (Å²) in [6.07, 6.45) is 1.60. The summed E-state index contributed by atoms with van der Waals surface area (Å²) in [6, 6.07) is 6.88. The van der Waals surface area contributed by atoms with Crippen molar-refractivity contribution >= 4 is 29.0 Å². The van der Waals surface area contributed by atoms with Gasteiger partial charge >= 0.3 is 0 Å². The third-order valence-electron chi connectivity index (χ3n) is 1.88. The van der Waals surface area contributed by atoms with Crippen molar-refractivity contribution < 1.29 is 0 Å². The second-order valence-electron chi connectivity index (χ2n) is 2.91. The number of aromatic nitrogens is 2. The Morgan fingerprint density at radius 2 is 1.93 bits per heavy atom. The van der Waals surface area contributed by atoms with Gasteiger partial charge in [-0.1, -0.05) is 23.2 Å². The number of anilines is 1. The quantitative estimate of drug-likeness (QED) is 0.779. The normalized spacial score (nSPS) is 10.3. The minimum atomic E-state index is 0.359. The summed E-state index contributed by atoms with van der Waals surface area (Å²) in [4.78, 5) is 8.08. The van der Waals surface area contributed by atoms with Gasteiger partial charge in [0.1, 0.15) is 11.0 Å². The van der Waals surface area contributed by atoms with Gasteiger partial charge in [-0.05, 0) is 24.3 Å². The molecule has 2 aromatic heterocycles. The molecular weight excluding hydrogens is 233 g/mol. The van der Waals surface area contributed by atoms with Crippen LogP contribution >= 0.6 is 23.2 Å². The molecule has 5 heteroatoms. The Hall–Kier alpha value is -1.32. The van der Waals surface area contributed by atoms with E-state index in [-0.39, 0.29) is 0 Å². The van der Waals surface area contributed by atoms with E-state index < -0.39 is 0 Å². The average molecular weight is 240 g/mol. The van der Waals surface area contributed by atoms with E-state index in [4.69, 9.17) is 28.9 Å². The molecule has 0 unspecified atom stereocenters. The van der Waals surface area contributed by atoms with Gasteiger partial charge in [0.25, 0.3) is 0 Å². The van der Waals surface area contributed by atoms with Crippen LogP contribution in [-0.2, 0) is 0 Å². The Bertz CT molecular complexity index is 500. The number of halogens is 2. The van der Waals surface area contributed by atoms with Crippen molar-refractivity contribution in [1.82, 2.24) is 9.97 Å². The molecule has 0 aliphatic carbocycles. The molecule has 0 aliphatic heterocycles. The van der Waals surface area contributed by atoms with Gasteiger partial charge < -0.3 is 5.73 Å². The van der Waals surface area contributed by atoms with Crippen LogP contribution in [0.1, 0.15) is 0 Å². The highest BCUT2D eigenvalue weighted by Gasteiger charge is 2.09. The predicted molar refractivity (Wildman–Crippen MR) is 61.9 cm³/mol. The van der Waals surface area contributed by atoms with E-state index in [0.717, 1.165) is 0 Å². The van der Waals surface area contributed by atoms with Crippen LogP contribution in [-0.4, -0.2) is 9.97 Å². The standard InChI is InChI=1S/C10H7Cl2N3/c11-7-3-4-8(13)15-9(7)6-2-1-5-14-10(6)12/h1-5H,(H2,13,15). The van der Waals surface area contributed by atoms with Crippen molar-refractivity contribution in [2.24, 2.45) is 0 Å². The van der Waals surface area contributed by atoms with Crippen LogP contribution < -0.4 is 5.73 Å². The molecule has 0 spiro atoms. The summed E-state index contributed by atoms with van der Waals surface area (Å²) in [6.45, 7) is 0. The third kappa shape index (κ3) is 2.03. The van der Waals surface area contributed by atoms with E-state index in [9.17, 15) is 0 Å². The number of nitrogens with two attached hydrogens (primary N) is 1. The first-order chi connectivity index (χ1) is 7.18. The van der Waals surface area contributed by atoms with Crippen molar-refractivity contribution in [1.29, 1.82) is 0 Å². The topological polar surface area (TPSA) is 51.8 Å². The van der Waals surface area contributed by atoms with Gasteiger partial charge in [0.15, 0.2) is 0 Å². The fourth-order valence-electron chi connectivity index (χ4n) is 1.21. The molecule has 0 radical (unpaired) electrons. The Balaban J connectivity index is 2.64. The Kier molecular flexibility index (Phi) is 2.75. The molecule has 2 N–H and O–H groups in total. The molecule has 0 aromatic carbocycles. The van der Waals surface area contributed by atoms with E-state index in [2.05, 4.69) is 9.97 Å². The number of hydrogen-bond donors (Lipinski definition) is 1. The summed E-state index contributed by atoms with van der Waals surface area (Å²) in [5, 5.41) is 0.858. The summed E-state index contributed by atoms with van der Waals surface area (Å²) in [7, 11) is 0. The summed E-state index contributed by atoms with van der Waals surface area (Å²) in [5.41, 5.74) is 6.81. The van der Waals surface area contributed by atoms with Crippen molar-refractivity contribution in [3.8, 4) is 11.3 Å². The number of nitrogens with zero attached hydrogens (tertiary/aromatic N) is 2. The van der Waals surface area contributed by atoms with Crippen LogP contribution in [0.2, 0.25) is 10.2 Å². The number of nitrogen functional groups attached to an aromatic ring is 1. The predicted octanol–water partition coefficient (Wildman–Crippen LogP) is 3.03. The zero-order valence-corrected chi connectivity index (χ0v) is 9.13. The average Bonchev–Trinajstić information content (AvgIpc) is 2.23. The Morgan fingerprint density at radius 1 is 1.13 bits per heavy atom. The molecule has 0 saturated carbocycles. The first-order valence-corrected chi connectivity index (χ1v) is 4.97. The smallest absolute Gasteiger partial charge is 0.138 e. The first-order valence-electron chi connectivity index (χ1n) is 4.21. The number of rotatable bonds is 1. The molecule has 15 heavy (non-hydrogen) atoms. The highest BCUT2D eigenvalue weighted by atomic mass is 35.5. The van der Waals surface area contributed by atoms with Crippen molar-refractivity contribution in [2.75, 3.05) is 5.73 Å². The maximum absolute atomic E-state index is 6.00. The van der Waals surface area contributed by atoms with E-state index in [0.29, 0.717) is 27.3 Å². The van der Waals surface area contributed by atoms with Gasteiger partial charge in [0, 0.05) is 11.8 Å². The molecule has 76 valence electrons. The molecule has 2 heterocycles. The number of hydrogen-bond acceptors (Lipinski definition) is 3. The van der Waals surface area contributed by atoms with Crippen molar-refractivity contribution in [3.63, 3.8) is 0 Å². The van der Waals surface area contributed by atoms with Crippen molar-refractivity contribution in [2.45, 2.75) is 0 Å². The zero-order chi connectivity index (χ0) is 10.8. The summed E-state index contributed by atoms with van der Waals surface area (Å²) >= 11 is 11.9. The molecule has 3 nitrogen and oxygen atoms in total. The SMILES string of the molecule is Nc1ccc(Cl)c(-c2cccnc2Cl)n1. The highest BCUT2D eigenvalue weighted by molar-refractivity contribution is 6.35. The maximum Gasteiger partial charge on any atom is 0.138 e. The highest BCUT2D eigenvalue weighted by Crippen LogP contribution is 2.30. The fourth-order valence-corrected chi connectivity index (χ4v) is 1.62. The molecule has 0 amide bonds. The summed E-state index contributed by atoms with van der Waals surface area (Å²) in [5.74, 6) is 0.398. The lowest BCUT2D eigenvalue weighted by molar-refractivity contribution is 1.28. The second-order valence-corrected chi connectivity index (χ2v) is 3.67. The molecule has 0 fully saturated rings. The largest absolute Gasteiger partial charge is 0.384 e. The van der Waals surface area contributed by atoms with Gasteiger partial charge in [-0.3, -0.25) is 0 Å². The van der Waals surface area contributed by atoms with Crippen LogP contribution in [0.3, 0.4) is 0 Å².